The maximum Gasteiger partial charge on any atom is 0.276 e. The molecule has 0 heterocycles. The van der Waals surface area contributed by atoms with E-state index < -0.39 is 11.8 Å². The molecular formula is C19H19Br2N3O4S. The summed E-state index contributed by atoms with van der Waals surface area (Å²) >= 11 is 11.7. The Balaban J connectivity index is 1.69. The lowest BCUT2D eigenvalue weighted by molar-refractivity contribution is -0.124. The first-order chi connectivity index (χ1) is 13.7. The number of thiocarbonyl (C=S) groups is 1. The third-order valence-corrected chi connectivity index (χ3v) is 4.75. The van der Waals surface area contributed by atoms with Crippen LogP contribution >= 0.6 is 44.1 Å². The largest absolute Gasteiger partial charge is 0.484 e. The van der Waals surface area contributed by atoms with Crippen molar-refractivity contribution in [3.05, 3.63) is 56.5 Å². The van der Waals surface area contributed by atoms with Crippen LogP contribution in [0.3, 0.4) is 0 Å². The summed E-state index contributed by atoms with van der Waals surface area (Å²) < 4.78 is 12.5. The zero-order valence-corrected chi connectivity index (χ0v) is 19.7. The van der Waals surface area contributed by atoms with Crippen LogP contribution in [-0.4, -0.2) is 30.1 Å². The van der Waals surface area contributed by atoms with Crippen molar-refractivity contribution in [2.75, 3.05) is 13.2 Å². The minimum absolute atomic E-state index is 0.0612. The number of amides is 2. The number of hydrogen-bond acceptors (Lipinski definition) is 5. The number of carbonyl (C=O) groups is 2. The molecule has 0 aromatic heterocycles. The monoisotopic (exact) mass is 543 g/mol. The Morgan fingerprint density at radius 1 is 0.966 bits per heavy atom. The Morgan fingerprint density at radius 2 is 1.62 bits per heavy atom. The normalized spacial score (nSPS) is 10.1. The fourth-order valence-corrected chi connectivity index (χ4v) is 3.87. The van der Waals surface area contributed by atoms with Crippen LogP contribution in [0, 0.1) is 13.8 Å². The molecule has 0 spiro atoms. The molecule has 0 atom stereocenters. The Labute approximate surface area is 190 Å². The van der Waals surface area contributed by atoms with Gasteiger partial charge in [-0.3, -0.25) is 25.8 Å². The van der Waals surface area contributed by atoms with E-state index in [1.807, 2.05) is 38.1 Å². The lowest BCUT2D eigenvalue weighted by Crippen LogP contribution is -2.50. The molecule has 0 aliphatic rings. The van der Waals surface area contributed by atoms with Crippen molar-refractivity contribution < 1.29 is 19.1 Å². The lowest BCUT2D eigenvalue weighted by Gasteiger charge is -2.13. The van der Waals surface area contributed by atoms with Gasteiger partial charge in [-0.05, 0) is 71.8 Å². The number of hydrazine groups is 1. The Bertz CT molecular complexity index is 884. The van der Waals surface area contributed by atoms with Crippen LogP contribution in [0.1, 0.15) is 11.1 Å². The Morgan fingerprint density at radius 3 is 2.28 bits per heavy atom. The van der Waals surface area contributed by atoms with E-state index in [9.17, 15) is 9.59 Å². The van der Waals surface area contributed by atoms with Crippen LogP contribution in [0.5, 0.6) is 11.5 Å². The summed E-state index contributed by atoms with van der Waals surface area (Å²) in [6, 6.07) is 11.0. The van der Waals surface area contributed by atoms with E-state index in [0.717, 1.165) is 20.1 Å². The first-order valence-corrected chi connectivity index (χ1v) is 10.4. The molecular weight excluding hydrogens is 526 g/mol. The Kier molecular flexibility index (Phi) is 8.87. The number of carbonyl (C=O) groups excluding carboxylic acids is 2. The highest BCUT2D eigenvalue weighted by atomic mass is 79.9. The van der Waals surface area contributed by atoms with E-state index in [1.165, 1.54) is 0 Å². The SMILES string of the molecule is Cc1ccc(OCC(=O)NNC(=S)NC(=O)COc2c(C)cc(Br)cc2Br)cc1. The lowest BCUT2D eigenvalue weighted by atomic mass is 10.2. The van der Waals surface area contributed by atoms with Gasteiger partial charge in [0, 0.05) is 4.47 Å². The molecule has 0 saturated carbocycles. The van der Waals surface area contributed by atoms with Gasteiger partial charge in [0.1, 0.15) is 11.5 Å². The third-order valence-electron chi connectivity index (χ3n) is 3.50. The molecule has 0 unspecified atom stereocenters. The van der Waals surface area contributed by atoms with Gasteiger partial charge in [0.2, 0.25) is 0 Å². The second-order valence-electron chi connectivity index (χ2n) is 5.97. The first kappa shape index (κ1) is 23.1. The van der Waals surface area contributed by atoms with Crippen molar-refractivity contribution in [3.8, 4) is 11.5 Å². The van der Waals surface area contributed by atoms with Gasteiger partial charge in [0.15, 0.2) is 18.3 Å². The van der Waals surface area contributed by atoms with Crippen molar-refractivity contribution in [2.24, 2.45) is 0 Å². The fraction of sp³-hybridized carbons (Fsp3) is 0.211. The van der Waals surface area contributed by atoms with Crippen LogP contribution in [0.15, 0.2) is 45.3 Å². The number of hydrogen-bond donors (Lipinski definition) is 3. The van der Waals surface area contributed by atoms with Gasteiger partial charge < -0.3 is 9.47 Å². The van der Waals surface area contributed by atoms with Gasteiger partial charge >= 0.3 is 0 Å². The summed E-state index contributed by atoms with van der Waals surface area (Å²) in [4.78, 5) is 23.8. The fourth-order valence-electron chi connectivity index (χ4n) is 2.15. The van der Waals surface area contributed by atoms with Crippen molar-refractivity contribution in [2.45, 2.75) is 13.8 Å². The van der Waals surface area contributed by atoms with Gasteiger partial charge in [-0.1, -0.05) is 33.6 Å². The second-order valence-corrected chi connectivity index (χ2v) is 8.15. The molecule has 29 heavy (non-hydrogen) atoms. The number of halogens is 2. The van der Waals surface area contributed by atoms with E-state index in [4.69, 9.17) is 21.7 Å². The summed E-state index contributed by atoms with van der Waals surface area (Å²) in [7, 11) is 0. The van der Waals surface area contributed by atoms with Gasteiger partial charge in [0.05, 0.1) is 4.47 Å². The number of aryl methyl sites for hydroxylation is 2. The number of benzene rings is 2. The minimum Gasteiger partial charge on any atom is -0.484 e. The van der Waals surface area contributed by atoms with Crippen LogP contribution < -0.4 is 25.6 Å². The van der Waals surface area contributed by atoms with Crippen molar-refractivity contribution in [1.82, 2.24) is 16.2 Å². The smallest absolute Gasteiger partial charge is 0.276 e. The molecule has 0 fully saturated rings. The highest BCUT2D eigenvalue weighted by molar-refractivity contribution is 9.11. The zero-order chi connectivity index (χ0) is 21.4. The molecule has 7 nitrogen and oxygen atoms in total. The topological polar surface area (TPSA) is 88.7 Å². The highest BCUT2D eigenvalue weighted by Crippen LogP contribution is 2.32. The van der Waals surface area contributed by atoms with Gasteiger partial charge in [-0.15, -0.1) is 0 Å². The zero-order valence-electron chi connectivity index (χ0n) is 15.7. The molecule has 0 bridgehead atoms. The molecule has 0 aliphatic heterocycles. The third kappa shape index (κ3) is 8.00. The quantitative estimate of drug-likeness (QED) is 0.382. The molecule has 10 heteroatoms. The maximum atomic E-state index is 12.0. The highest BCUT2D eigenvalue weighted by Gasteiger charge is 2.11. The summed E-state index contributed by atoms with van der Waals surface area (Å²) in [5, 5.41) is 2.35. The molecule has 154 valence electrons. The standard InChI is InChI=1S/C19H19Br2N3O4S/c1-11-3-5-14(6-4-11)27-10-17(26)23-24-19(29)22-16(25)9-28-18-12(2)7-13(20)8-15(18)21/h3-8H,9-10H2,1-2H3,(H,23,26)(H2,22,24,25,29). The van der Waals surface area contributed by atoms with Crippen LogP contribution in [-0.2, 0) is 9.59 Å². The average molecular weight is 545 g/mol. The van der Waals surface area contributed by atoms with Crippen molar-refractivity contribution >= 4 is 61.0 Å². The Hall–Kier alpha value is -2.17. The maximum absolute atomic E-state index is 12.0. The average Bonchev–Trinajstić information content (AvgIpc) is 2.65. The van der Waals surface area contributed by atoms with E-state index in [1.54, 1.807) is 12.1 Å². The molecule has 0 radical (unpaired) electrons. The molecule has 0 aliphatic carbocycles. The number of rotatable bonds is 6. The molecule has 0 saturated heterocycles. The van der Waals surface area contributed by atoms with Crippen LogP contribution in [0.4, 0.5) is 0 Å². The van der Waals surface area contributed by atoms with E-state index in [2.05, 4.69) is 48.0 Å². The van der Waals surface area contributed by atoms with Crippen molar-refractivity contribution in [3.63, 3.8) is 0 Å². The van der Waals surface area contributed by atoms with E-state index >= 15 is 0 Å². The summed E-state index contributed by atoms with van der Waals surface area (Å²) in [5.74, 6) is 0.215. The van der Waals surface area contributed by atoms with E-state index in [0.29, 0.717) is 11.5 Å². The summed E-state index contributed by atoms with van der Waals surface area (Å²) in [5.41, 5.74) is 6.74. The first-order valence-electron chi connectivity index (χ1n) is 8.41. The predicted molar refractivity (Wildman–Crippen MR) is 121 cm³/mol. The molecule has 2 aromatic carbocycles. The summed E-state index contributed by atoms with van der Waals surface area (Å²) in [6.07, 6.45) is 0. The predicted octanol–water partition coefficient (Wildman–Crippen LogP) is 3.31. The van der Waals surface area contributed by atoms with Crippen molar-refractivity contribution in [1.29, 1.82) is 0 Å². The molecule has 3 N–H and O–H groups in total. The minimum atomic E-state index is -0.470. The number of ether oxygens (including phenoxy) is 2. The van der Waals surface area contributed by atoms with Gasteiger partial charge in [-0.2, -0.15) is 0 Å². The summed E-state index contributed by atoms with van der Waals surface area (Å²) in [6.45, 7) is 3.38. The molecule has 2 rings (SSSR count). The van der Waals surface area contributed by atoms with Gasteiger partial charge in [0.25, 0.3) is 11.8 Å². The number of nitrogens with one attached hydrogen (secondary N) is 3. The van der Waals surface area contributed by atoms with E-state index in [-0.39, 0.29) is 18.3 Å². The van der Waals surface area contributed by atoms with Gasteiger partial charge in [-0.25, -0.2) is 0 Å². The molecule has 2 amide bonds. The molecule has 2 aromatic rings. The van der Waals surface area contributed by atoms with Crippen LogP contribution in [0.2, 0.25) is 0 Å². The van der Waals surface area contributed by atoms with Crippen LogP contribution in [0.25, 0.3) is 0 Å². The second kappa shape index (κ2) is 11.1.